The standard InChI is InChI=1S/C18H25N3O3/c1-3-8-19-17(22)14-21-11-9-20(10-12-21)13-15-4-6-16(7-5-15)18(23)24-2/h3-7H,1,8-14H2,2H3,(H,19,22). The summed E-state index contributed by atoms with van der Waals surface area (Å²) in [6.45, 7) is 8.99. The Bertz CT molecular complexity index is 563. The highest BCUT2D eigenvalue weighted by Gasteiger charge is 2.18. The monoisotopic (exact) mass is 331 g/mol. The average molecular weight is 331 g/mol. The summed E-state index contributed by atoms with van der Waals surface area (Å²) >= 11 is 0. The Kier molecular flexibility index (Phi) is 6.96. The van der Waals surface area contributed by atoms with Crippen molar-refractivity contribution in [2.45, 2.75) is 6.54 Å². The number of piperazine rings is 1. The van der Waals surface area contributed by atoms with E-state index in [0.717, 1.165) is 32.7 Å². The van der Waals surface area contributed by atoms with Crippen LogP contribution < -0.4 is 5.32 Å². The maximum absolute atomic E-state index is 11.7. The highest BCUT2D eigenvalue weighted by atomic mass is 16.5. The molecular formula is C18H25N3O3. The Morgan fingerprint density at radius 1 is 1.17 bits per heavy atom. The van der Waals surface area contributed by atoms with Gasteiger partial charge in [0.25, 0.3) is 0 Å². The molecule has 1 fully saturated rings. The van der Waals surface area contributed by atoms with Crippen molar-refractivity contribution in [3.63, 3.8) is 0 Å². The largest absolute Gasteiger partial charge is 0.465 e. The van der Waals surface area contributed by atoms with Crippen LogP contribution in [0.15, 0.2) is 36.9 Å². The van der Waals surface area contributed by atoms with E-state index in [1.807, 2.05) is 12.1 Å². The average Bonchev–Trinajstić information content (AvgIpc) is 2.61. The first-order valence-corrected chi connectivity index (χ1v) is 8.12. The molecule has 0 bridgehead atoms. The highest BCUT2D eigenvalue weighted by Crippen LogP contribution is 2.10. The van der Waals surface area contributed by atoms with Gasteiger partial charge in [-0.1, -0.05) is 18.2 Å². The molecule has 1 heterocycles. The summed E-state index contributed by atoms with van der Waals surface area (Å²) in [6.07, 6.45) is 1.68. The number of hydrogen-bond donors (Lipinski definition) is 1. The molecule has 0 aromatic heterocycles. The number of carbonyl (C=O) groups excluding carboxylic acids is 2. The third-order valence-electron chi connectivity index (χ3n) is 4.06. The van der Waals surface area contributed by atoms with Crippen molar-refractivity contribution in [1.82, 2.24) is 15.1 Å². The summed E-state index contributed by atoms with van der Waals surface area (Å²) in [5.41, 5.74) is 1.73. The Hall–Kier alpha value is -2.18. The molecule has 0 saturated carbocycles. The van der Waals surface area contributed by atoms with Gasteiger partial charge in [0.05, 0.1) is 19.2 Å². The Morgan fingerprint density at radius 3 is 2.38 bits per heavy atom. The predicted molar refractivity (Wildman–Crippen MR) is 92.7 cm³/mol. The zero-order chi connectivity index (χ0) is 17.4. The van der Waals surface area contributed by atoms with Gasteiger partial charge in [-0.25, -0.2) is 4.79 Å². The molecule has 130 valence electrons. The topological polar surface area (TPSA) is 61.9 Å². The summed E-state index contributed by atoms with van der Waals surface area (Å²) in [5, 5.41) is 2.80. The molecule has 1 N–H and O–H groups in total. The SMILES string of the molecule is C=CCNC(=O)CN1CCN(Cc2ccc(C(=O)OC)cc2)CC1. The summed E-state index contributed by atoms with van der Waals surface area (Å²) in [6, 6.07) is 7.51. The van der Waals surface area contributed by atoms with Crippen molar-refractivity contribution in [2.24, 2.45) is 0 Å². The second-order valence-corrected chi connectivity index (χ2v) is 5.83. The van der Waals surface area contributed by atoms with Gasteiger partial charge in [0.15, 0.2) is 0 Å². The van der Waals surface area contributed by atoms with E-state index in [9.17, 15) is 9.59 Å². The smallest absolute Gasteiger partial charge is 0.337 e. The second-order valence-electron chi connectivity index (χ2n) is 5.83. The van der Waals surface area contributed by atoms with Gasteiger partial charge in [-0.2, -0.15) is 0 Å². The quantitative estimate of drug-likeness (QED) is 0.594. The summed E-state index contributed by atoms with van der Waals surface area (Å²) < 4.78 is 4.70. The molecule has 1 aromatic carbocycles. The van der Waals surface area contributed by atoms with Crippen LogP contribution in [0.25, 0.3) is 0 Å². The maximum atomic E-state index is 11.7. The van der Waals surface area contributed by atoms with Crippen LogP contribution in [0.4, 0.5) is 0 Å². The lowest BCUT2D eigenvalue weighted by atomic mass is 10.1. The molecule has 0 atom stereocenters. The van der Waals surface area contributed by atoms with E-state index in [4.69, 9.17) is 4.74 Å². The minimum Gasteiger partial charge on any atom is -0.465 e. The van der Waals surface area contributed by atoms with E-state index >= 15 is 0 Å². The first kappa shape index (κ1) is 18.2. The van der Waals surface area contributed by atoms with Crippen LogP contribution in [0.3, 0.4) is 0 Å². The molecule has 1 aliphatic rings. The van der Waals surface area contributed by atoms with Gasteiger partial charge in [0.1, 0.15) is 0 Å². The highest BCUT2D eigenvalue weighted by molar-refractivity contribution is 5.89. The van der Waals surface area contributed by atoms with Crippen LogP contribution in [0.1, 0.15) is 15.9 Å². The number of nitrogens with one attached hydrogen (secondary N) is 1. The number of methoxy groups -OCH3 is 1. The fraction of sp³-hybridized carbons (Fsp3) is 0.444. The van der Waals surface area contributed by atoms with Crippen LogP contribution in [0, 0.1) is 0 Å². The van der Waals surface area contributed by atoms with Crippen molar-refractivity contribution < 1.29 is 14.3 Å². The fourth-order valence-electron chi connectivity index (χ4n) is 2.67. The molecular weight excluding hydrogens is 306 g/mol. The lowest BCUT2D eigenvalue weighted by molar-refractivity contribution is -0.122. The van der Waals surface area contributed by atoms with Crippen LogP contribution in [0.2, 0.25) is 0 Å². The van der Waals surface area contributed by atoms with E-state index in [-0.39, 0.29) is 11.9 Å². The zero-order valence-electron chi connectivity index (χ0n) is 14.2. The van der Waals surface area contributed by atoms with Gasteiger partial charge in [-0.3, -0.25) is 14.6 Å². The Labute approximate surface area is 143 Å². The van der Waals surface area contributed by atoms with Gasteiger partial charge >= 0.3 is 5.97 Å². The molecule has 0 spiro atoms. The molecule has 0 unspecified atom stereocenters. The van der Waals surface area contributed by atoms with E-state index in [0.29, 0.717) is 18.7 Å². The van der Waals surface area contributed by atoms with E-state index in [1.54, 1.807) is 18.2 Å². The van der Waals surface area contributed by atoms with Crippen LogP contribution in [-0.2, 0) is 16.1 Å². The second kappa shape index (κ2) is 9.20. The van der Waals surface area contributed by atoms with Gasteiger partial charge in [-0.05, 0) is 17.7 Å². The van der Waals surface area contributed by atoms with E-state index in [1.165, 1.54) is 12.7 Å². The normalized spacial score (nSPS) is 15.7. The summed E-state index contributed by atoms with van der Waals surface area (Å²) in [5.74, 6) is -0.272. The van der Waals surface area contributed by atoms with E-state index < -0.39 is 0 Å². The lowest BCUT2D eigenvalue weighted by Gasteiger charge is -2.34. The predicted octanol–water partition coefficient (Wildman–Crippen LogP) is 0.893. The number of rotatable bonds is 7. The molecule has 6 heteroatoms. The third-order valence-corrected chi connectivity index (χ3v) is 4.06. The number of esters is 1. The first-order valence-electron chi connectivity index (χ1n) is 8.12. The Morgan fingerprint density at radius 2 is 1.79 bits per heavy atom. The van der Waals surface area contributed by atoms with Gasteiger partial charge in [0.2, 0.25) is 5.91 Å². The number of ether oxygens (including phenoxy) is 1. The molecule has 1 aliphatic heterocycles. The van der Waals surface area contributed by atoms with Crippen LogP contribution in [0.5, 0.6) is 0 Å². The Balaban J connectivity index is 1.75. The van der Waals surface area contributed by atoms with Crippen molar-refractivity contribution in [2.75, 3.05) is 46.4 Å². The van der Waals surface area contributed by atoms with Gasteiger partial charge in [-0.15, -0.1) is 6.58 Å². The molecule has 1 saturated heterocycles. The molecule has 2 rings (SSSR count). The summed E-state index contributed by atoms with van der Waals surface area (Å²) in [4.78, 5) is 27.6. The number of hydrogen-bond acceptors (Lipinski definition) is 5. The molecule has 1 aromatic rings. The molecule has 6 nitrogen and oxygen atoms in total. The molecule has 0 aliphatic carbocycles. The van der Waals surface area contributed by atoms with Gasteiger partial charge < -0.3 is 10.1 Å². The third kappa shape index (κ3) is 5.47. The number of nitrogens with zero attached hydrogens (tertiary/aromatic N) is 2. The van der Waals surface area contributed by atoms with Crippen molar-refractivity contribution in [3.8, 4) is 0 Å². The van der Waals surface area contributed by atoms with Crippen LogP contribution in [-0.4, -0.2) is 68.1 Å². The van der Waals surface area contributed by atoms with Crippen molar-refractivity contribution >= 4 is 11.9 Å². The maximum Gasteiger partial charge on any atom is 0.337 e. The van der Waals surface area contributed by atoms with Crippen LogP contribution >= 0.6 is 0 Å². The van der Waals surface area contributed by atoms with Crippen molar-refractivity contribution in [3.05, 3.63) is 48.0 Å². The molecule has 0 radical (unpaired) electrons. The number of benzene rings is 1. The van der Waals surface area contributed by atoms with Crippen molar-refractivity contribution in [1.29, 1.82) is 0 Å². The number of carbonyl (C=O) groups is 2. The summed E-state index contributed by atoms with van der Waals surface area (Å²) in [7, 11) is 1.38. The first-order chi connectivity index (χ1) is 11.6. The zero-order valence-corrected chi connectivity index (χ0v) is 14.2. The molecule has 1 amide bonds. The number of amides is 1. The van der Waals surface area contributed by atoms with Gasteiger partial charge in [0, 0.05) is 39.3 Å². The minimum atomic E-state index is -0.315. The fourth-order valence-corrected chi connectivity index (χ4v) is 2.67. The molecule has 24 heavy (non-hydrogen) atoms. The van der Waals surface area contributed by atoms with E-state index in [2.05, 4.69) is 21.7 Å². The lowest BCUT2D eigenvalue weighted by Crippen LogP contribution is -2.49. The minimum absolute atomic E-state index is 0.0433.